The van der Waals surface area contributed by atoms with Gasteiger partial charge in [0.15, 0.2) is 0 Å². The maximum Gasteiger partial charge on any atom is 0.119 e. The van der Waals surface area contributed by atoms with Crippen LogP contribution in [0.5, 0.6) is 5.75 Å². The largest absolute Gasteiger partial charge is 0.493 e. The predicted molar refractivity (Wildman–Crippen MR) is 80.5 cm³/mol. The minimum atomic E-state index is 0.178. The van der Waals surface area contributed by atoms with Gasteiger partial charge >= 0.3 is 0 Å². The summed E-state index contributed by atoms with van der Waals surface area (Å²) in [4.78, 5) is 2.57. The van der Waals surface area contributed by atoms with Crippen LogP contribution in [0.25, 0.3) is 0 Å². The van der Waals surface area contributed by atoms with Gasteiger partial charge in [0.2, 0.25) is 0 Å². The third-order valence-electron chi connectivity index (χ3n) is 4.18. The van der Waals surface area contributed by atoms with Crippen molar-refractivity contribution in [3.8, 4) is 5.75 Å². The molecule has 2 saturated heterocycles. The van der Waals surface area contributed by atoms with Crippen molar-refractivity contribution in [2.24, 2.45) is 5.41 Å². The van der Waals surface area contributed by atoms with E-state index in [2.05, 4.69) is 4.90 Å². The lowest BCUT2D eigenvalue weighted by Crippen LogP contribution is -2.55. The molecule has 2 aliphatic rings. The molecule has 20 heavy (non-hydrogen) atoms. The van der Waals surface area contributed by atoms with E-state index in [0.29, 0.717) is 0 Å². The van der Waals surface area contributed by atoms with Crippen molar-refractivity contribution < 1.29 is 9.47 Å². The van der Waals surface area contributed by atoms with Gasteiger partial charge in [-0.25, -0.2) is 0 Å². The molecule has 0 amide bonds. The maximum absolute atomic E-state index is 5.94. The average Bonchev–Trinajstić information content (AvgIpc) is 2.44. The van der Waals surface area contributed by atoms with Crippen LogP contribution < -0.4 is 4.74 Å². The first-order valence-electron chi connectivity index (χ1n) is 7.44. The van der Waals surface area contributed by atoms with E-state index < -0.39 is 0 Å². The number of piperidine rings is 1. The number of rotatable bonds is 5. The van der Waals surface area contributed by atoms with Gasteiger partial charge in [-0.05, 0) is 50.2 Å². The van der Waals surface area contributed by atoms with Gasteiger partial charge in [0, 0.05) is 11.6 Å². The molecule has 0 aliphatic carbocycles. The number of halogens is 1. The van der Waals surface area contributed by atoms with Crippen molar-refractivity contribution in [2.45, 2.75) is 19.3 Å². The number of benzene rings is 1. The van der Waals surface area contributed by atoms with Crippen LogP contribution in [0.1, 0.15) is 19.3 Å². The third kappa shape index (κ3) is 3.46. The predicted octanol–water partition coefficient (Wildman–Crippen LogP) is 3.22. The van der Waals surface area contributed by atoms with E-state index in [1.807, 2.05) is 24.3 Å². The highest BCUT2D eigenvalue weighted by molar-refractivity contribution is 6.30. The van der Waals surface area contributed by atoms with Gasteiger partial charge in [-0.15, -0.1) is 0 Å². The molecular formula is C16H22ClNO2. The molecule has 0 unspecified atom stereocenters. The van der Waals surface area contributed by atoms with Crippen LogP contribution in [0.4, 0.5) is 0 Å². The van der Waals surface area contributed by atoms with E-state index in [-0.39, 0.29) is 5.41 Å². The fourth-order valence-electron chi connectivity index (χ4n) is 2.97. The summed E-state index contributed by atoms with van der Waals surface area (Å²) in [5, 5.41) is 0.743. The van der Waals surface area contributed by atoms with Crippen molar-refractivity contribution in [1.29, 1.82) is 0 Å². The van der Waals surface area contributed by atoms with Gasteiger partial charge in [0.05, 0.1) is 25.2 Å². The lowest BCUT2D eigenvalue weighted by Gasteiger charge is -2.45. The number of likely N-dealkylation sites (tertiary alicyclic amines) is 1. The summed E-state index contributed by atoms with van der Waals surface area (Å²) in [5.41, 5.74) is 0.178. The minimum Gasteiger partial charge on any atom is -0.493 e. The minimum absolute atomic E-state index is 0.178. The van der Waals surface area contributed by atoms with Crippen LogP contribution in [0.3, 0.4) is 0 Å². The molecule has 0 radical (unpaired) electrons. The van der Waals surface area contributed by atoms with Crippen molar-refractivity contribution >= 4 is 11.6 Å². The summed E-state index contributed by atoms with van der Waals surface area (Å²) in [6.45, 7) is 5.91. The molecule has 0 saturated carbocycles. The first-order chi connectivity index (χ1) is 9.76. The van der Waals surface area contributed by atoms with Crippen LogP contribution in [0, 0.1) is 5.41 Å². The second-order valence-electron chi connectivity index (χ2n) is 6.07. The summed E-state index contributed by atoms with van der Waals surface area (Å²) in [5.74, 6) is 0.888. The molecule has 1 aromatic rings. The standard InChI is InChI=1S/C16H22ClNO2/c17-14-4-6-15(7-5-14)20-13-16(11-19-12-16)10-18-8-2-1-3-9-18/h4-7H,1-3,8-13H2. The summed E-state index contributed by atoms with van der Waals surface area (Å²) in [7, 11) is 0. The highest BCUT2D eigenvalue weighted by atomic mass is 35.5. The smallest absolute Gasteiger partial charge is 0.119 e. The number of hydrogen-bond donors (Lipinski definition) is 0. The summed E-state index contributed by atoms with van der Waals surface area (Å²) in [6.07, 6.45) is 4.03. The molecule has 3 rings (SSSR count). The molecule has 3 nitrogen and oxygen atoms in total. The van der Waals surface area contributed by atoms with Gasteiger partial charge in [-0.2, -0.15) is 0 Å². The van der Waals surface area contributed by atoms with E-state index in [1.165, 1.54) is 32.4 Å². The second kappa shape index (κ2) is 6.33. The number of ether oxygens (including phenoxy) is 2. The van der Waals surface area contributed by atoms with Crippen molar-refractivity contribution in [3.05, 3.63) is 29.3 Å². The Kier molecular flexibility index (Phi) is 4.49. The Bertz CT molecular complexity index is 425. The van der Waals surface area contributed by atoms with Gasteiger partial charge in [-0.1, -0.05) is 18.0 Å². The summed E-state index contributed by atoms with van der Waals surface area (Å²) in [6, 6.07) is 7.59. The molecule has 2 fully saturated rings. The van der Waals surface area contributed by atoms with Crippen molar-refractivity contribution in [3.63, 3.8) is 0 Å². The second-order valence-corrected chi connectivity index (χ2v) is 6.51. The Morgan fingerprint density at radius 1 is 1.10 bits per heavy atom. The number of nitrogens with zero attached hydrogens (tertiary/aromatic N) is 1. The molecule has 4 heteroatoms. The zero-order valence-corrected chi connectivity index (χ0v) is 12.6. The SMILES string of the molecule is Clc1ccc(OCC2(CN3CCCCC3)COC2)cc1. The zero-order valence-electron chi connectivity index (χ0n) is 11.8. The fourth-order valence-corrected chi connectivity index (χ4v) is 3.10. The average molecular weight is 296 g/mol. The molecule has 0 atom stereocenters. The van der Waals surface area contributed by atoms with Crippen LogP contribution in [0.15, 0.2) is 24.3 Å². The highest BCUT2D eigenvalue weighted by Crippen LogP contribution is 2.31. The van der Waals surface area contributed by atoms with Crippen LogP contribution in [0.2, 0.25) is 5.02 Å². The molecule has 0 aromatic heterocycles. The van der Waals surface area contributed by atoms with Crippen molar-refractivity contribution in [1.82, 2.24) is 4.90 Å². The normalized spacial score (nSPS) is 22.2. The Hall–Kier alpha value is -0.770. The summed E-state index contributed by atoms with van der Waals surface area (Å²) < 4.78 is 11.4. The van der Waals surface area contributed by atoms with Crippen LogP contribution in [-0.2, 0) is 4.74 Å². The van der Waals surface area contributed by atoms with Crippen LogP contribution in [-0.4, -0.2) is 44.4 Å². The van der Waals surface area contributed by atoms with Gasteiger partial charge in [-0.3, -0.25) is 0 Å². The Morgan fingerprint density at radius 3 is 2.40 bits per heavy atom. The quantitative estimate of drug-likeness (QED) is 0.832. The van der Waals surface area contributed by atoms with Gasteiger partial charge < -0.3 is 14.4 Å². The topological polar surface area (TPSA) is 21.7 Å². The molecular weight excluding hydrogens is 274 g/mol. The molecule has 2 aliphatic heterocycles. The maximum atomic E-state index is 5.94. The van der Waals surface area contributed by atoms with E-state index in [4.69, 9.17) is 21.1 Å². The van der Waals surface area contributed by atoms with Gasteiger partial charge in [0.25, 0.3) is 0 Å². The summed E-state index contributed by atoms with van der Waals surface area (Å²) >= 11 is 5.89. The Morgan fingerprint density at radius 2 is 1.80 bits per heavy atom. The van der Waals surface area contributed by atoms with E-state index in [1.54, 1.807) is 0 Å². The molecule has 110 valence electrons. The molecule has 0 bridgehead atoms. The molecule has 2 heterocycles. The third-order valence-corrected chi connectivity index (χ3v) is 4.43. The Balaban J connectivity index is 1.54. The highest BCUT2D eigenvalue weighted by Gasteiger charge is 2.41. The van der Waals surface area contributed by atoms with E-state index in [0.717, 1.165) is 37.1 Å². The zero-order chi connectivity index (χ0) is 13.8. The molecule has 0 N–H and O–H groups in total. The first kappa shape index (κ1) is 14.2. The number of hydrogen-bond acceptors (Lipinski definition) is 3. The van der Waals surface area contributed by atoms with Gasteiger partial charge in [0.1, 0.15) is 5.75 Å². The monoisotopic (exact) mass is 295 g/mol. The lowest BCUT2D eigenvalue weighted by molar-refractivity contribution is -0.145. The fraction of sp³-hybridized carbons (Fsp3) is 0.625. The van der Waals surface area contributed by atoms with E-state index >= 15 is 0 Å². The van der Waals surface area contributed by atoms with Crippen molar-refractivity contribution in [2.75, 3.05) is 39.5 Å². The van der Waals surface area contributed by atoms with Crippen LogP contribution >= 0.6 is 11.6 Å². The molecule has 0 spiro atoms. The lowest BCUT2D eigenvalue weighted by atomic mass is 9.85. The first-order valence-corrected chi connectivity index (χ1v) is 7.82. The Labute approximate surface area is 125 Å². The van der Waals surface area contributed by atoms with E-state index in [9.17, 15) is 0 Å². The molecule has 1 aromatic carbocycles.